The fraction of sp³-hybridized carbons (Fsp3) is 0.250. The first kappa shape index (κ1) is 23.0. The number of rotatable bonds is 8. The second kappa shape index (κ2) is 9.75. The predicted octanol–water partition coefficient (Wildman–Crippen LogP) is 2.35. The Balaban J connectivity index is 1.39. The van der Waals surface area contributed by atoms with Gasteiger partial charge < -0.3 is 20.3 Å². The minimum Gasteiger partial charge on any atom is -0.479 e. The van der Waals surface area contributed by atoms with Crippen LogP contribution in [0.4, 0.5) is 10.6 Å². The van der Waals surface area contributed by atoms with E-state index < -0.39 is 24.1 Å². The van der Waals surface area contributed by atoms with Gasteiger partial charge in [-0.25, -0.2) is 9.59 Å². The number of carboxylic acid groups (broad SMARTS) is 1. The lowest BCUT2D eigenvalue weighted by Gasteiger charge is -2.15. The standard InChI is InChI=1S/C24H24N4O6/c1-28-21(18(12-26-28)22(30)25-11-10-20(29)23(31)32)27-24(33)34-13-19-16-8-4-2-6-14(16)15-7-3-5-9-17(15)19/h2-9,12,19-20,29H,10-11,13H2,1H3,(H,25,30)(H,27,33)(H,31,32). The molecule has 1 aliphatic rings. The van der Waals surface area contributed by atoms with Crippen LogP contribution in [0.25, 0.3) is 11.1 Å². The van der Waals surface area contributed by atoms with Gasteiger partial charge in [0.25, 0.3) is 5.91 Å². The lowest BCUT2D eigenvalue weighted by atomic mass is 9.98. The molecule has 0 bridgehead atoms. The number of carbonyl (C=O) groups excluding carboxylic acids is 2. The van der Waals surface area contributed by atoms with Crippen LogP contribution >= 0.6 is 0 Å². The average molecular weight is 464 g/mol. The van der Waals surface area contributed by atoms with Gasteiger partial charge in [0.1, 0.15) is 18.0 Å². The fourth-order valence-corrected chi connectivity index (χ4v) is 4.02. The van der Waals surface area contributed by atoms with Crippen LogP contribution in [0.2, 0.25) is 0 Å². The first-order valence-electron chi connectivity index (χ1n) is 10.7. The van der Waals surface area contributed by atoms with E-state index in [9.17, 15) is 19.5 Å². The Morgan fingerprint density at radius 1 is 1.09 bits per heavy atom. The number of aromatic nitrogens is 2. The van der Waals surface area contributed by atoms with Gasteiger partial charge in [0.15, 0.2) is 6.10 Å². The number of fused-ring (bicyclic) bond motifs is 3. The smallest absolute Gasteiger partial charge is 0.412 e. The van der Waals surface area contributed by atoms with Crippen molar-refractivity contribution in [2.45, 2.75) is 18.4 Å². The molecular formula is C24H24N4O6. The summed E-state index contributed by atoms with van der Waals surface area (Å²) in [6, 6.07) is 16.0. The molecule has 1 aromatic heterocycles. The Morgan fingerprint density at radius 2 is 1.71 bits per heavy atom. The molecule has 1 aliphatic carbocycles. The molecular weight excluding hydrogens is 440 g/mol. The van der Waals surface area contributed by atoms with Crippen molar-refractivity contribution in [3.63, 3.8) is 0 Å². The number of hydrogen-bond donors (Lipinski definition) is 4. The maximum atomic E-state index is 12.6. The SMILES string of the molecule is Cn1ncc(C(=O)NCCC(O)C(=O)O)c1NC(=O)OCC1c2ccccc2-c2ccccc21. The molecule has 10 heteroatoms. The molecule has 1 unspecified atom stereocenters. The van der Waals surface area contributed by atoms with Gasteiger partial charge in [-0.05, 0) is 22.3 Å². The molecule has 2 aromatic carbocycles. The maximum Gasteiger partial charge on any atom is 0.412 e. The monoisotopic (exact) mass is 464 g/mol. The third kappa shape index (κ3) is 4.62. The number of aryl methyl sites for hydroxylation is 1. The molecule has 0 spiro atoms. The zero-order chi connectivity index (χ0) is 24.2. The first-order valence-corrected chi connectivity index (χ1v) is 10.7. The van der Waals surface area contributed by atoms with Crippen molar-refractivity contribution in [2.24, 2.45) is 7.05 Å². The highest BCUT2D eigenvalue weighted by Crippen LogP contribution is 2.44. The molecule has 3 aromatic rings. The van der Waals surface area contributed by atoms with Gasteiger partial charge in [0.05, 0.1) is 6.20 Å². The summed E-state index contributed by atoms with van der Waals surface area (Å²) in [6.07, 6.45) is -1.19. The van der Waals surface area contributed by atoms with Crippen LogP contribution in [0.15, 0.2) is 54.7 Å². The summed E-state index contributed by atoms with van der Waals surface area (Å²) in [7, 11) is 1.56. The van der Waals surface area contributed by atoms with Crippen molar-refractivity contribution in [1.29, 1.82) is 0 Å². The van der Waals surface area contributed by atoms with Gasteiger partial charge in [-0.15, -0.1) is 0 Å². The van der Waals surface area contributed by atoms with E-state index in [-0.39, 0.29) is 36.9 Å². The van der Waals surface area contributed by atoms with Crippen molar-refractivity contribution in [3.05, 3.63) is 71.4 Å². The highest BCUT2D eigenvalue weighted by Gasteiger charge is 2.29. The Morgan fingerprint density at radius 3 is 2.32 bits per heavy atom. The summed E-state index contributed by atoms with van der Waals surface area (Å²) in [5.74, 6) is -1.91. The lowest BCUT2D eigenvalue weighted by Crippen LogP contribution is -2.30. The predicted molar refractivity (Wildman–Crippen MR) is 122 cm³/mol. The minimum absolute atomic E-state index is 0.0639. The highest BCUT2D eigenvalue weighted by molar-refractivity contribution is 6.01. The summed E-state index contributed by atoms with van der Waals surface area (Å²) >= 11 is 0. The number of nitrogens with one attached hydrogen (secondary N) is 2. The van der Waals surface area contributed by atoms with Gasteiger partial charge in [-0.2, -0.15) is 5.10 Å². The van der Waals surface area contributed by atoms with Crippen molar-refractivity contribution >= 4 is 23.8 Å². The number of aliphatic carboxylic acids is 1. The number of ether oxygens (including phenoxy) is 1. The summed E-state index contributed by atoms with van der Waals surface area (Å²) in [5, 5.41) is 27.1. The topological polar surface area (TPSA) is 143 Å². The number of amides is 2. The van der Waals surface area contributed by atoms with E-state index in [4.69, 9.17) is 9.84 Å². The first-order chi connectivity index (χ1) is 16.4. The number of nitrogens with zero attached hydrogens (tertiary/aromatic N) is 2. The molecule has 1 heterocycles. The highest BCUT2D eigenvalue weighted by atomic mass is 16.5. The van der Waals surface area contributed by atoms with Gasteiger partial charge in [-0.1, -0.05) is 48.5 Å². The molecule has 2 amide bonds. The third-order valence-corrected chi connectivity index (χ3v) is 5.74. The number of anilines is 1. The van der Waals surface area contributed by atoms with E-state index in [1.807, 2.05) is 48.5 Å². The van der Waals surface area contributed by atoms with Crippen LogP contribution < -0.4 is 10.6 Å². The zero-order valence-corrected chi connectivity index (χ0v) is 18.4. The molecule has 34 heavy (non-hydrogen) atoms. The normalized spacial score (nSPS) is 13.0. The molecule has 0 aliphatic heterocycles. The van der Waals surface area contributed by atoms with Crippen LogP contribution in [0.1, 0.15) is 33.8 Å². The van der Waals surface area contributed by atoms with Crippen molar-refractivity contribution < 1.29 is 29.3 Å². The number of hydrogen-bond acceptors (Lipinski definition) is 6. The Kier molecular flexibility index (Phi) is 6.60. The van der Waals surface area contributed by atoms with E-state index in [1.54, 1.807) is 7.05 Å². The quantitative estimate of drug-likeness (QED) is 0.401. The van der Waals surface area contributed by atoms with Crippen molar-refractivity contribution in [1.82, 2.24) is 15.1 Å². The Bertz CT molecular complexity index is 1190. The van der Waals surface area contributed by atoms with E-state index in [0.29, 0.717) is 0 Å². The van der Waals surface area contributed by atoms with Crippen LogP contribution in [0.5, 0.6) is 0 Å². The van der Waals surface area contributed by atoms with E-state index in [0.717, 1.165) is 22.3 Å². The summed E-state index contributed by atoms with van der Waals surface area (Å²) in [4.78, 5) is 35.7. The van der Waals surface area contributed by atoms with Gasteiger partial charge in [0.2, 0.25) is 0 Å². The Labute approximate surface area is 195 Å². The van der Waals surface area contributed by atoms with Crippen LogP contribution in [-0.2, 0) is 16.6 Å². The molecule has 0 radical (unpaired) electrons. The molecule has 0 fully saturated rings. The van der Waals surface area contributed by atoms with Gasteiger partial charge in [-0.3, -0.25) is 14.8 Å². The second-order valence-electron chi connectivity index (χ2n) is 7.88. The van der Waals surface area contributed by atoms with Crippen LogP contribution in [-0.4, -0.2) is 57.2 Å². The Hall–Kier alpha value is -4.18. The van der Waals surface area contributed by atoms with E-state index >= 15 is 0 Å². The molecule has 4 N–H and O–H groups in total. The number of aliphatic hydroxyl groups is 1. The van der Waals surface area contributed by atoms with Crippen LogP contribution in [0, 0.1) is 0 Å². The van der Waals surface area contributed by atoms with E-state index in [2.05, 4.69) is 15.7 Å². The summed E-state index contributed by atoms with van der Waals surface area (Å²) in [6.45, 7) is 0.0535. The van der Waals surface area contributed by atoms with Gasteiger partial charge in [0, 0.05) is 25.9 Å². The minimum atomic E-state index is -1.58. The molecule has 10 nitrogen and oxygen atoms in total. The average Bonchev–Trinajstić information content (AvgIpc) is 3.35. The summed E-state index contributed by atoms with van der Waals surface area (Å²) < 4.78 is 6.84. The second-order valence-corrected chi connectivity index (χ2v) is 7.88. The zero-order valence-electron chi connectivity index (χ0n) is 18.4. The van der Waals surface area contributed by atoms with E-state index in [1.165, 1.54) is 10.9 Å². The number of carboxylic acids is 1. The number of carbonyl (C=O) groups is 3. The molecule has 1 atom stereocenters. The lowest BCUT2D eigenvalue weighted by molar-refractivity contribution is -0.146. The maximum absolute atomic E-state index is 12.6. The molecule has 0 saturated carbocycles. The summed E-state index contributed by atoms with van der Waals surface area (Å²) in [5.41, 5.74) is 4.48. The fourth-order valence-electron chi connectivity index (χ4n) is 4.02. The van der Waals surface area contributed by atoms with Gasteiger partial charge >= 0.3 is 12.1 Å². The number of benzene rings is 2. The van der Waals surface area contributed by atoms with Crippen molar-refractivity contribution in [2.75, 3.05) is 18.5 Å². The molecule has 176 valence electrons. The largest absolute Gasteiger partial charge is 0.479 e. The molecule has 0 saturated heterocycles. The molecule has 4 rings (SSSR count). The third-order valence-electron chi connectivity index (χ3n) is 5.74. The number of aliphatic hydroxyl groups excluding tert-OH is 1. The van der Waals surface area contributed by atoms with Crippen LogP contribution in [0.3, 0.4) is 0 Å². The van der Waals surface area contributed by atoms with Crippen molar-refractivity contribution in [3.8, 4) is 11.1 Å².